The maximum atomic E-state index is 11.8. The van der Waals surface area contributed by atoms with Crippen molar-refractivity contribution < 1.29 is 9.53 Å². The molecule has 0 radical (unpaired) electrons. The van der Waals surface area contributed by atoms with Gasteiger partial charge in [0.05, 0.1) is 17.9 Å². The molecule has 0 aliphatic carbocycles. The minimum atomic E-state index is 0.244. The molecule has 3 atom stereocenters. The summed E-state index contributed by atoms with van der Waals surface area (Å²) in [4.78, 5) is 21.0. The van der Waals surface area contributed by atoms with Gasteiger partial charge in [-0.25, -0.2) is 0 Å². The van der Waals surface area contributed by atoms with E-state index < -0.39 is 0 Å². The number of ether oxygens (including phenoxy) is 1. The fourth-order valence-corrected chi connectivity index (χ4v) is 5.05. The van der Waals surface area contributed by atoms with Crippen LogP contribution in [0.5, 0.6) is 0 Å². The number of likely N-dealkylation sites (tertiary alicyclic amines) is 1. The number of pyridine rings is 1. The number of amides is 1. The van der Waals surface area contributed by atoms with Gasteiger partial charge in [0, 0.05) is 44.8 Å². The van der Waals surface area contributed by atoms with E-state index in [9.17, 15) is 4.79 Å². The lowest BCUT2D eigenvalue weighted by Crippen LogP contribution is -2.49. The lowest BCUT2D eigenvalue weighted by molar-refractivity contribution is -0.138. The molecule has 0 aromatic carbocycles. The predicted octanol–water partition coefficient (Wildman–Crippen LogP) is 2.91. The molecular weight excluding hydrogens is 326 g/mol. The monoisotopic (exact) mass is 357 g/mol. The summed E-state index contributed by atoms with van der Waals surface area (Å²) in [5.74, 6) is 0.244. The van der Waals surface area contributed by atoms with Crippen LogP contribution in [-0.2, 0) is 16.1 Å². The fraction of sp³-hybridized carbons (Fsp3) is 0.714. The summed E-state index contributed by atoms with van der Waals surface area (Å²) in [5.41, 5.74) is 2.37. The molecule has 0 spiro atoms. The van der Waals surface area contributed by atoms with Crippen LogP contribution in [0.15, 0.2) is 18.3 Å². The Morgan fingerprint density at radius 3 is 2.38 bits per heavy atom. The van der Waals surface area contributed by atoms with Crippen molar-refractivity contribution in [3.8, 4) is 0 Å². The molecular formula is C21H31N3O2. The van der Waals surface area contributed by atoms with E-state index in [1.165, 1.54) is 5.56 Å². The van der Waals surface area contributed by atoms with E-state index in [0.29, 0.717) is 24.3 Å². The van der Waals surface area contributed by atoms with Gasteiger partial charge in [-0.05, 0) is 57.1 Å². The highest BCUT2D eigenvalue weighted by Crippen LogP contribution is 2.37. The Hall–Kier alpha value is -1.46. The lowest BCUT2D eigenvalue weighted by Gasteiger charge is -2.41. The fourth-order valence-electron chi connectivity index (χ4n) is 5.05. The summed E-state index contributed by atoms with van der Waals surface area (Å²) in [5, 5.41) is 0. The van der Waals surface area contributed by atoms with Gasteiger partial charge < -0.3 is 9.64 Å². The number of aromatic nitrogens is 1. The number of aryl methyl sites for hydroxylation is 1. The van der Waals surface area contributed by atoms with E-state index in [0.717, 1.165) is 63.9 Å². The molecule has 3 aliphatic rings. The molecule has 3 saturated heterocycles. The molecule has 2 bridgehead atoms. The highest BCUT2D eigenvalue weighted by atomic mass is 16.5. The highest BCUT2D eigenvalue weighted by molar-refractivity contribution is 5.74. The van der Waals surface area contributed by atoms with Gasteiger partial charge in [-0.2, -0.15) is 0 Å². The molecule has 1 aromatic heterocycles. The van der Waals surface area contributed by atoms with Crippen LogP contribution in [-0.4, -0.2) is 58.1 Å². The van der Waals surface area contributed by atoms with Crippen LogP contribution in [0.1, 0.15) is 56.7 Å². The summed E-state index contributed by atoms with van der Waals surface area (Å²) in [6.45, 7) is 6.89. The van der Waals surface area contributed by atoms with Gasteiger partial charge in [-0.3, -0.25) is 14.7 Å². The van der Waals surface area contributed by atoms with E-state index in [1.807, 2.05) is 6.20 Å². The van der Waals surface area contributed by atoms with E-state index in [2.05, 4.69) is 33.8 Å². The van der Waals surface area contributed by atoms with Crippen molar-refractivity contribution >= 4 is 5.91 Å². The first-order chi connectivity index (χ1) is 12.6. The Morgan fingerprint density at radius 2 is 1.81 bits per heavy atom. The Morgan fingerprint density at radius 1 is 1.12 bits per heavy atom. The van der Waals surface area contributed by atoms with Crippen molar-refractivity contribution in [2.45, 2.75) is 83.2 Å². The zero-order valence-corrected chi connectivity index (χ0v) is 16.1. The second kappa shape index (κ2) is 7.65. The number of carbonyl (C=O) groups excluding carboxylic acids is 1. The van der Waals surface area contributed by atoms with Crippen LogP contribution in [0.25, 0.3) is 0 Å². The van der Waals surface area contributed by atoms with Gasteiger partial charge in [0.1, 0.15) is 0 Å². The number of piperidine rings is 2. The van der Waals surface area contributed by atoms with E-state index >= 15 is 0 Å². The number of hydrogen-bond acceptors (Lipinski definition) is 4. The molecule has 142 valence electrons. The van der Waals surface area contributed by atoms with Crippen molar-refractivity contribution in [2.75, 3.05) is 13.1 Å². The Balaban J connectivity index is 1.23. The number of rotatable bonds is 4. The molecule has 5 nitrogen and oxygen atoms in total. The van der Waals surface area contributed by atoms with E-state index in [-0.39, 0.29) is 5.91 Å². The normalized spacial score (nSPS) is 29.9. The molecule has 4 heterocycles. The van der Waals surface area contributed by atoms with Gasteiger partial charge in [0.2, 0.25) is 5.91 Å². The summed E-state index contributed by atoms with van der Waals surface area (Å²) in [6, 6.07) is 5.11. The molecule has 0 saturated carbocycles. The molecule has 1 amide bonds. The van der Waals surface area contributed by atoms with Crippen molar-refractivity contribution in [1.29, 1.82) is 0 Å². The molecule has 1 aromatic rings. The van der Waals surface area contributed by atoms with Crippen LogP contribution in [0.2, 0.25) is 0 Å². The number of carbonyl (C=O) groups is 1. The van der Waals surface area contributed by atoms with Crippen LogP contribution in [0.3, 0.4) is 0 Å². The number of nitrogens with zero attached hydrogens (tertiary/aromatic N) is 3. The van der Waals surface area contributed by atoms with Crippen molar-refractivity contribution in [2.24, 2.45) is 0 Å². The second-order valence-electron chi connectivity index (χ2n) is 8.34. The molecule has 5 heteroatoms. The van der Waals surface area contributed by atoms with Crippen LogP contribution < -0.4 is 0 Å². The average Bonchev–Trinajstić information content (AvgIpc) is 2.90. The quantitative estimate of drug-likeness (QED) is 0.831. The van der Waals surface area contributed by atoms with Crippen molar-refractivity contribution in [3.05, 3.63) is 29.6 Å². The van der Waals surface area contributed by atoms with Crippen molar-refractivity contribution in [3.63, 3.8) is 0 Å². The zero-order chi connectivity index (χ0) is 18.1. The first kappa shape index (κ1) is 17.9. The zero-order valence-electron chi connectivity index (χ0n) is 16.1. The topological polar surface area (TPSA) is 45.7 Å². The standard InChI is InChI=1S/C21H31N3O2/c1-15-3-4-17(22-13-15)14-23-9-7-20(8-10-23)26-21-11-18-5-6-19(12-21)24(18)16(2)25/h3-4,13,18-21H,5-12,14H2,1-2H3/t18-,19+,21?. The summed E-state index contributed by atoms with van der Waals surface area (Å²) < 4.78 is 6.48. The number of fused-ring (bicyclic) bond motifs is 2. The highest BCUT2D eigenvalue weighted by Gasteiger charge is 2.43. The maximum Gasteiger partial charge on any atom is 0.219 e. The Bertz CT molecular complexity index is 611. The predicted molar refractivity (Wildman–Crippen MR) is 101 cm³/mol. The third-order valence-corrected chi connectivity index (χ3v) is 6.33. The third kappa shape index (κ3) is 3.94. The minimum absolute atomic E-state index is 0.244. The molecule has 26 heavy (non-hydrogen) atoms. The minimum Gasteiger partial charge on any atom is -0.375 e. The van der Waals surface area contributed by atoms with Gasteiger partial charge in [0.25, 0.3) is 0 Å². The van der Waals surface area contributed by atoms with Gasteiger partial charge in [-0.1, -0.05) is 6.07 Å². The van der Waals surface area contributed by atoms with Crippen molar-refractivity contribution in [1.82, 2.24) is 14.8 Å². The van der Waals surface area contributed by atoms with Gasteiger partial charge in [0.15, 0.2) is 0 Å². The SMILES string of the molecule is CC(=O)N1[C@@H]2CC[C@H]1CC(OC1CCN(Cc3ccc(C)cn3)CC1)C2. The van der Waals surface area contributed by atoms with Gasteiger partial charge >= 0.3 is 0 Å². The Labute approximate surface area is 156 Å². The van der Waals surface area contributed by atoms with Crippen LogP contribution in [0, 0.1) is 6.92 Å². The molecule has 3 fully saturated rings. The molecule has 3 aliphatic heterocycles. The summed E-state index contributed by atoms with van der Waals surface area (Å²) >= 11 is 0. The molecule has 4 rings (SSSR count). The average molecular weight is 357 g/mol. The summed E-state index contributed by atoms with van der Waals surface area (Å²) in [6.07, 6.45) is 9.27. The lowest BCUT2D eigenvalue weighted by atomic mass is 9.98. The molecule has 0 N–H and O–H groups in total. The third-order valence-electron chi connectivity index (χ3n) is 6.33. The molecule has 1 unspecified atom stereocenters. The number of hydrogen-bond donors (Lipinski definition) is 0. The van der Waals surface area contributed by atoms with E-state index in [4.69, 9.17) is 4.74 Å². The second-order valence-corrected chi connectivity index (χ2v) is 8.34. The smallest absolute Gasteiger partial charge is 0.219 e. The van der Waals surface area contributed by atoms with Crippen LogP contribution in [0.4, 0.5) is 0 Å². The van der Waals surface area contributed by atoms with Gasteiger partial charge in [-0.15, -0.1) is 0 Å². The Kier molecular flexibility index (Phi) is 5.28. The summed E-state index contributed by atoms with van der Waals surface area (Å²) in [7, 11) is 0. The first-order valence-electron chi connectivity index (χ1n) is 10.2. The first-order valence-corrected chi connectivity index (χ1v) is 10.2. The van der Waals surface area contributed by atoms with E-state index in [1.54, 1.807) is 6.92 Å². The van der Waals surface area contributed by atoms with Crippen LogP contribution >= 0.6 is 0 Å². The largest absolute Gasteiger partial charge is 0.375 e. The maximum absolute atomic E-state index is 11.8.